The summed E-state index contributed by atoms with van der Waals surface area (Å²) in [7, 11) is 0. The Bertz CT molecular complexity index is 463. The third kappa shape index (κ3) is 1.60. The molecular weight excluding hydrogens is 242 g/mol. The van der Waals surface area contributed by atoms with Crippen LogP contribution in [0.3, 0.4) is 0 Å². The molecule has 3 nitrogen and oxygen atoms in total. The van der Waals surface area contributed by atoms with Gasteiger partial charge < -0.3 is 0 Å². The highest BCUT2D eigenvalue weighted by Crippen LogP contribution is 2.35. The van der Waals surface area contributed by atoms with Gasteiger partial charge in [0, 0.05) is 6.20 Å². The second-order valence-corrected chi connectivity index (χ2v) is 4.76. The lowest BCUT2D eigenvalue weighted by Gasteiger charge is -2.17. The second-order valence-electron chi connectivity index (χ2n) is 3.12. The van der Waals surface area contributed by atoms with Gasteiger partial charge >= 0.3 is 0 Å². The number of carbonyl (C=O) groups is 2. The summed E-state index contributed by atoms with van der Waals surface area (Å²) in [5.74, 6) is -0.244. The van der Waals surface area contributed by atoms with Crippen LogP contribution in [0.4, 0.5) is 0 Å². The maximum atomic E-state index is 12.1. The minimum absolute atomic E-state index is 0.0976. The lowest BCUT2D eigenvalue weighted by molar-refractivity contribution is 0.0984. The van der Waals surface area contributed by atoms with Crippen LogP contribution in [0.15, 0.2) is 28.1 Å². The van der Waals surface area contributed by atoms with Crippen LogP contribution in [0, 0.1) is 0 Å². The summed E-state index contributed by atoms with van der Waals surface area (Å²) >= 11 is 2.62. The van der Waals surface area contributed by atoms with E-state index in [2.05, 4.69) is 4.98 Å². The first kappa shape index (κ1) is 11.4. The standard InChI is InChI=1S/C11H9NO2S2/c1-15-10-8(13)6-4-3-5-12-7(6)9(14)11(10)16-2/h3-5H,1-2H3. The predicted octanol–water partition coefficient (Wildman–Crippen LogP) is 2.40. The molecule has 1 aliphatic carbocycles. The molecule has 0 unspecified atom stereocenters. The molecule has 0 aliphatic heterocycles. The molecule has 1 aliphatic rings. The number of rotatable bonds is 2. The van der Waals surface area contributed by atoms with E-state index < -0.39 is 0 Å². The van der Waals surface area contributed by atoms with Gasteiger partial charge in [-0.2, -0.15) is 0 Å². The number of pyridine rings is 1. The number of fused-ring (bicyclic) bond motifs is 1. The predicted molar refractivity (Wildman–Crippen MR) is 67.0 cm³/mol. The van der Waals surface area contributed by atoms with E-state index in [1.165, 1.54) is 29.7 Å². The van der Waals surface area contributed by atoms with Crippen molar-refractivity contribution in [3.05, 3.63) is 39.4 Å². The zero-order valence-corrected chi connectivity index (χ0v) is 10.4. The van der Waals surface area contributed by atoms with Gasteiger partial charge in [0.2, 0.25) is 11.6 Å². The van der Waals surface area contributed by atoms with E-state index in [9.17, 15) is 9.59 Å². The molecule has 16 heavy (non-hydrogen) atoms. The van der Waals surface area contributed by atoms with Crippen molar-refractivity contribution in [3.63, 3.8) is 0 Å². The molecule has 0 bridgehead atoms. The van der Waals surface area contributed by atoms with Gasteiger partial charge in [-0.25, -0.2) is 0 Å². The normalized spacial score (nSPS) is 15.4. The molecule has 0 radical (unpaired) electrons. The van der Waals surface area contributed by atoms with Crippen molar-refractivity contribution < 1.29 is 9.59 Å². The maximum absolute atomic E-state index is 12.1. The number of ketones is 2. The molecule has 1 aromatic heterocycles. The molecule has 0 aromatic carbocycles. The lowest BCUT2D eigenvalue weighted by atomic mass is 10.00. The third-order valence-electron chi connectivity index (χ3n) is 2.29. The average Bonchev–Trinajstić information content (AvgIpc) is 2.33. The highest BCUT2D eigenvalue weighted by molar-refractivity contribution is 8.07. The molecule has 1 aromatic rings. The van der Waals surface area contributed by atoms with E-state index in [-0.39, 0.29) is 17.3 Å². The Kier molecular flexibility index (Phi) is 3.16. The van der Waals surface area contributed by atoms with Crippen molar-refractivity contribution in [1.29, 1.82) is 0 Å². The van der Waals surface area contributed by atoms with Crippen LogP contribution in [0.25, 0.3) is 0 Å². The van der Waals surface area contributed by atoms with Crippen LogP contribution in [-0.2, 0) is 0 Å². The molecule has 0 spiro atoms. The summed E-state index contributed by atoms with van der Waals surface area (Å²) in [4.78, 5) is 29.2. The van der Waals surface area contributed by atoms with Gasteiger partial charge in [0.15, 0.2) is 0 Å². The summed E-state index contributed by atoms with van der Waals surface area (Å²) in [5.41, 5.74) is 0.685. The number of hydrogen-bond donors (Lipinski definition) is 0. The van der Waals surface area contributed by atoms with Gasteiger partial charge in [0.25, 0.3) is 0 Å². The van der Waals surface area contributed by atoms with Gasteiger partial charge in [-0.3, -0.25) is 14.6 Å². The molecular formula is C11H9NO2S2. The zero-order chi connectivity index (χ0) is 11.7. The lowest BCUT2D eigenvalue weighted by Crippen LogP contribution is -2.20. The molecule has 0 atom stereocenters. The number of hydrogen-bond acceptors (Lipinski definition) is 5. The van der Waals surface area contributed by atoms with Crippen molar-refractivity contribution >= 4 is 35.1 Å². The van der Waals surface area contributed by atoms with Gasteiger partial charge in [0.05, 0.1) is 15.4 Å². The highest BCUT2D eigenvalue weighted by Gasteiger charge is 2.32. The SMILES string of the molecule is CSC1=C(SC)C(=O)c2ncccc2C1=O. The van der Waals surface area contributed by atoms with E-state index in [0.29, 0.717) is 15.4 Å². The van der Waals surface area contributed by atoms with Crippen molar-refractivity contribution in [2.24, 2.45) is 0 Å². The summed E-state index contributed by atoms with van der Waals surface area (Å²) in [6.07, 6.45) is 5.13. The van der Waals surface area contributed by atoms with Crippen LogP contribution in [0.5, 0.6) is 0 Å². The average molecular weight is 251 g/mol. The summed E-state index contributed by atoms with van der Waals surface area (Å²) in [6, 6.07) is 3.32. The Morgan fingerprint density at radius 1 is 1.06 bits per heavy atom. The fourth-order valence-corrected chi connectivity index (χ4v) is 3.21. The fourth-order valence-electron chi connectivity index (χ4n) is 1.58. The number of thioether (sulfide) groups is 2. The third-order valence-corrected chi connectivity index (χ3v) is 4.02. The molecule has 0 N–H and O–H groups in total. The summed E-state index contributed by atoms with van der Waals surface area (Å²) in [5, 5.41) is 0. The van der Waals surface area contributed by atoms with E-state index >= 15 is 0 Å². The number of aromatic nitrogens is 1. The number of carbonyl (C=O) groups excluding carboxylic acids is 2. The van der Waals surface area contributed by atoms with Crippen molar-refractivity contribution in [2.45, 2.75) is 0 Å². The Morgan fingerprint density at radius 2 is 1.69 bits per heavy atom. The largest absolute Gasteiger partial charge is 0.288 e. The highest BCUT2D eigenvalue weighted by atomic mass is 32.2. The van der Waals surface area contributed by atoms with Gasteiger partial charge in [-0.1, -0.05) is 0 Å². The Labute approximate surface area is 102 Å². The smallest absolute Gasteiger partial charge is 0.219 e. The summed E-state index contributed by atoms with van der Waals surface area (Å²) in [6.45, 7) is 0. The van der Waals surface area contributed by atoms with Gasteiger partial charge in [-0.05, 0) is 24.6 Å². The Balaban J connectivity index is 2.67. The van der Waals surface area contributed by atoms with E-state index in [0.717, 1.165) is 0 Å². The monoisotopic (exact) mass is 251 g/mol. The number of nitrogens with zero attached hydrogens (tertiary/aromatic N) is 1. The Hall–Kier alpha value is -1.07. The molecule has 0 saturated carbocycles. The van der Waals surface area contributed by atoms with Crippen LogP contribution in [0.2, 0.25) is 0 Å². The van der Waals surface area contributed by atoms with Crippen molar-refractivity contribution in [3.8, 4) is 0 Å². The first-order valence-electron chi connectivity index (χ1n) is 4.57. The fraction of sp³-hybridized carbons (Fsp3) is 0.182. The van der Waals surface area contributed by atoms with Crippen LogP contribution in [-0.4, -0.2) is 29.1 Å². The Morgan fingerprint density at radius 3 is 2.31 bits per heavy atom. The minimum atomic E-state index is -0.146. The maximum Gasteiger partial charge on any atom is 0.219 e. The van der Waals surface area contributed by atoms with Crippen molar-refractivity contribution in [2.75, 3.05) is 12.5 Å². The van der Waals surface area contributed by atoms with Crippen LogP contribution >= 0.6 is 23.5 Å². The molecule has 0 amide bonds. The van der Waals surface area contributed by atoms with Crippen LogP contribution < -0.4 is 0 Å². The van der Waals surface area contributed by atoms with Crippen LogP contribution in [0.1, 0.15) is 20.8 Å². The first-order chi connectivity index (χ1) is 7.70. The number of Topliss-reactive ketones (excluding diaryl/α,β-unsaturated/α-hetero) is 2. The van der Waals surface area contributed by atoms with Gasteiger partial charge in [0.1, 0.15) is 5.69 Å². The minimum Gasteiger partial charge on any atom is -0.288 e. The topological polar surface area (TPSA) is 47.0 Å². The van der Waals surface area contributed by atoms with E-state index in [1.807, 2.05) is 0 Å². The second kappa shape index (κ2) is 4.43. The van der Waals surface area contributed by atoms with Crippen molar-refractivity contribution in [1.82, 2.24) is 4.98 Å². The molecule has 0 fully saturated rings. The van der Waals surface area contributed by atoms with E-state index in [4.69, 9.17) is 0 Å². The van der Waals surface area contributed by atoms with Gasteiger partial charge in [-0.15, -0.1) is 23.5 Å². The molecule has 0 saturated heterocycles. The quantitative estimate of drug-likeness (QED) is 0.807. The molecule has 82 valence electrons. The summed E-state index contributed by atoms with van der Waals surface area (Å²) < 4.78 is 0. The van der Waals surface area contributed by atoms with E-state index in [1.54, 1.807) is 24.6 Å². The number of allylic oxidation sites excluding steroid dienone is 2. The molecule has 2 rings (SSSR count). The zero-order valence-electron chi connectivity index (χ0n) is 8.81. The first-order valence-corrected chi connectivity index (χ1v) is 7.02. The molecule has 1 heterocycles. The molecule has 5 heteroatoms.